The number of H-pyrrole nitrogens is 1. The summed E-state index contributed by atoms with van der Waals surface area (Å²) in [7, 11) is 0. The maximum absolute atomic E-state index is 12.3. The second kappa shape index (κ2) is 7.55. The number of aromatic amines is 1. The Morgan fingerprint density at radius 2 is 1.89 bits per heavy atom. The number of fused-ring (bicyclic) bond motifs is 1. The third kappa shape index (κ3) is 3.75. The highest BCUT2D eigenvalue weighted by molar-refractivity contribution is 6.00. The van der Waals surface area contributed by atoms with Gasteiger partial charge in [-0.05, 0) is 60.6 Å². The predicted octanol–water partition coefficient (Wildman–Crippen LogP) is 5.76. The molecule has 1 aliphatic carbocycles. The Balaban J connectivity index is 1.51. The lowest BCUT2D eigenvalue weighted by atomic mass is 9.95. The highest BCUT2D eigenvalue weighted by Gasteiger charge is 2.17. The molecule has 0 unspecified atom stereocenters. The van der Waals surface area contributed by atoms with Crippen molar-refractivity contribution in [2.24, 2.45) is 5.92 Å². The Morgan fingerprint density at radius 1 is 1.15 bits per heavy atom. The average Bonchev–Trinajstić information content (AvgIpc) is 3.30. The summed E-state index contributed by atoms with van der Waals surface area (Å²) in [4.78, 5) is 12.3. The molecule has 1 amide bonds. The number of carbonyl (C=O) groups excluding carboxylic acids is 1. The fourth-order valence-corrected chi connectivity index (χ4v) is 4.37. The van der Waals surface area contributed by atoms with E-state index in [1.807, 2.05) is 6.07 Å². The number of aromatic nitrogens is 2. The third-order valence-electron chi connectivity index (χ3n) is 5.84. The largest absolute Gasteiger partial charge is 0.309 e. The number of hydrogen-bond donors (Lipinski definition) is 2. The van der Waals surface area contributed by atoms with Crippen LogP contribution in [0, 0.1) is 19.8 Å². The first-order valence-corrected chi connectivity index (χ1v) is 9.96. The molecule has 0 saturated heterocycles. The zero-order valence-corrected chi connectivity index (χ0v) is 16.1. The number of anilines is 1. The Bertz CT molecular complexity index is 947. The average molecular weight is 361 g/mol. The Kier molecular flexibility index (Phi) is 4.97. The van der Waals surface area contributed by atoms with E-state index in [1.165, 1.54) is 47.9 Å². The second-order valence-corrected chi connectivity index (χ2v) is 7.84. The van der Waals surface area contributed by atoms with E-state index < -0.39 is 0 Å². The molecule has 4 nitrogen and oxygen atoms in total. The van der Waals surface area contributed by atoms with E-state index in [2.05, 4.69) is 59.7 Å². The van der Waals surface area contributed by atoms with Gasteiger partial charge in [-0.1, -0.05) is 49.9 Å². The lowest BCUT2D eigenvalue weighted by molar-refractivity contribution is -0.116. The number of benzene rings is 2. The standard InChI is InChI=1S/C23H27N3O/c1-15-6-5-7-16(2)22(15)18-11-12-19-20(14-18)25-26-23(19)24-21(27)13-10-17-8-3-4-9-17/h5-7,11-12,14,17H,3-4,8-10,13H2,1-2H3,(H2,24,25,26,27). The number of hydrogen-bond acceptors (Lipinski definition) is 2. The van der Waals surface area contributed by atoms with Crippen LogP contribution in [0.25, 0.3) is 22.0 Å². The van der Waals surface area contributed by atoms with Crippen LogP contribution in [0.3, 0.4) is 0 Å². The van der Waals surface area contributed by atoms with Crippen molar-refractivity contribution >= 4 is 22.6 Å². The van der Waals surface area contributed by atoms with Gasteiger partial charge in [-0.2, -0.15) is 5.10 Å². The van der Waals surface area contributed by atoms with E-state index in [-0.39, 0.29) is 5.91 Å². The van der Waals surface area contributed by atoms with Crippen molar-refractivity contribution in [2.45, 2.75) is 52.4 Å². The molecule has 1 aliphatic rings. The first kappa shape index (κ1) is 17.8. The van der Waals surface area contributed by atoms with E-state index in [0.29, 0.717) is 12.2 Å². The molecule has 0 radical (unpaired) electrons. The molecule has 140 valence electrons. The molecule has 0 bridgehead atoms. The highest BCUT2D eigenvalue weighted by atomic mass is 16.1. The minimum atomic E-state index is 0.0640. The van der Waals surface area contributed by atoms with Gasteiger partial charge in [0, 0.05) is 11.8 Å². The van der Waals surface area contributed by atoms with Gasteiger partial charge in [0.2, 0.25) is 5.91 Å². The Labute approximate surface area is 160 Å². The van der Waals surface area contributed by atoms with Gasteiger partial charge in [-0.25, -0.2) is 0 Å². The minimum absolute atomic E-state index is 0.0640. The van der Waals surface area contributed by atoms with Crippen LogP contribution < -0.4 is 5.32 Å². The lowest BCUT2D eigenvalue weighted by Crippen LogP contribution is -2.13. The van der Waals surface area contributed by atoms with Crippen molar-refractivity contribution in [2.75, 3.05) is 5.32 Å². The van der Waals surface area contributed by atoms with Gasteiger partial charge >= 0.3 is 0 Å². The van der Waals surface area contributed by atoms with Crippen LogP contribution in [0.2, 0.25) is 0 Å². The van der Waals surface area contributed by atoms with Gasteiger partial charge < -0.3 is 5.32 Å². The Hall–Kier alpha value is -2.62. The maximum Gasteiger partial charge on any atom is 0.225 e. The summed E-state index contributed by atoms with van der Waals surface area (Å²) in [5.41, 5.74) is 5.89. The van der Waals surface area contributed by atoms with Crippen LogP contribution in [0.15, 0.2) is 36.4 Å². The quantitative estimate of drug-likeness (QED) is 0.607. The summed E-state index contributed by atoms with van der Waals surface area (Å²) in [5, 5.41) is 11.4. The fourth-order valence-electron chi connectivity index (χ4n) is 4.37. The van der Waals surface area contributed by atoms with Crippen LogP contribution >= 0.6 is 0 Å². The summed E-state index contributed by atoms with van der Waals surface area (Å²) in [6.07, 6.45) is 6.77. The van der Waals surface area contributed by atoms with Gasteiger partial charge in [0.15, 0.2) is 5.82 Å². The maximum atomic E-state index is 12.3. The van der Waals surface area contributed by atoms with E-state index >= 15 is 0 Å². The highest BCUT2D eigenvalue weighted by Crippen LogP contribution is 2.32. The van der Waals surface area contributed by atoms with Gasteiger partial charge in [0.1, 0.15) is 0 Å². The van der Waals surface area contributed by atoms with E-state index in [9.17, 15) is 4.79 Å². The molecule has 1 heterocycles. The smallest absolute Gasteiger partial charge is 0.225 e. The third-order valence-corrected chi connectivity index (χ3v) is 5.84. The molecular formula is C23H27N3O. The van der Waals surface area contributed by atoms with Crippen LogP contribution in [0.1, 0.15) is 49.7 Å². The van der Waals surface area contributed by atoms with Gasteiger partial charge in [0.25, 0.3) is 0 Å². The fraction of sp³-hybridized carbons (Fsp3) is 0.391. The zero-order chi connectivity index (χ0) is 18.8. The molecular weight excluding hydrogens is 334 g/mol. The molecule has 0 spiro atoms. The number of nitrogens with one attached hydrogen (secondary N) is 2. The van der Waals surface area contributed by atoms with Gasteiger partial charge in [-0.3, -0.25) is 9.89 Å². The number of carbonyl (C=O) groups is 1. The monoisotopic (exact) mass is 361 g/mol. The molecule has 1 aromatic heterocycles. The van der Waals surface area contributed by atoms with Crippen LogP contribution in [0.5, 0.6) is 0 Å². The molecule has 0 atom stereocenters. The summed E-state index contributed by atoms with van der Waals surface area (Å²) in [6, 6.07) is 12.6. The van der Waals surface area contributed by atoms with Gasteiger partial charge in [0.05, 0.1) is 5.52 Å². The van der Waals surface area contributed by atoms with E-state index in [4.69, 9.17) is 0 Å². The second-order valence-electron chi connectivity index (χ2n) is 7.84. The molecule has 1 fully saturated rings. The number of rotatable bonds is 5. The van der Waals surface area contributed by atoms with Crippen LogP contribution in [-0.4, -0.2) is 16.1 Å². The van der Waals surface area contributed by atoms with Gasteiger partial charge in [-0.15, -0.1) is 0 Å². The number of nitrogens with zero attached hydrogens (tertiary/aromatic N) is 1. The number of aryl methyl sites for hydroxylation is 2. The van der Waals surface area contributed by atoms with Crippen molar-refractivity contribution in [1.82, 2.24) is 10.2 Å². The zero-order valence-electron chi connectivity index (χ0n) is 16.1. The normalized spacial score (nSPS) is 14.7. The summed E-state index contributed by atoms with van der Waals surface area (Å²) < 4.78 is 0. The Morgan fingerprint density at radius 3 is 2.63 bits per heavy atom. The number of amides is 1. The molecule has 2 N–H and O–H groups in total. The molecule has 27 heavy (non-hydrogen) atoms. The molecule has 0 aliphatic heterocycles. The van der Waals surface area contributed by atoms with Crippen LogP contribution in [0.4, 0.5) is 5.82 Å². The first-order chi connectivity index (χ1) is 13.1. The molecule has 1 saturated carbocycles. The summed E-state index contributed by atoms with van der Waals surface area (Å²) >= 11 is 0. The minimum Gasteiger partial charge on any atom is -0.309 e. The first-order valence-electron chi connectivity index (χ1n) is 9.96. The molecule has 3 aromatic rings. The molecule has 4 heteroatoms. The SMILES string of the molecule is Cc1cccc(C)c1-c1ccc2c(NC(=O)CCC3CCCC3)n[nH]c2c1. The topological polar surface area (TPSA) is 57.8 Å². The van der Waals surface area contributed by atoms with E-state index in [0.717, 1.165) is 23.2 Å². The van der Waals surface area contributed by atoms with Crippen LogP contribution in [-0.2, 0) is 4.79 Å². The lowest BCUT2D eigenvalue weighted by Gasteiger charge is -2.10. The van der Waals surface area contributed by atoms with Crippen molar-refractivity contribution in [3.05, 3.63) is 47.5 Å². The predicted molar refractivity (Wildman–Crippen MR) is 111 cm³/mol. The van der Waals surface area contributed by atoms with Crippen molar-refractivity contribution in [3.8, 4) is 11.1 Å². The molecule has 4 rings (SSSR count). The van der Waals surface area contributed by atoms with Crippen molar-refractivity contribution in [1.29, 1.82) is 0 Å². The summed E-state index contributed by atoms with van der Waals surface area (Å²) in [5.74, 6) is 1.43. The van der Waals surface area contributed by atoms with Crippen molar-refractivity contribution in [3.63, 3.8) is 0 Å². The van der Waals surface area contributed by atoms with E-state index in [1.54, 1.807) is 0 Å². The summed E-state index contributed by atoms with van der Waals surface area (Å²) in [6.45, 7) is 4.27. The molecule has 2 aromatic carbocycles. The van der Waals surface area contributed by atoms with Crippen molar-refractivity contribution < 1.29 is 4.79 Å².